The molecule has 0 aliphatic heterocycles. The van der Waals surface area contributed by atoms with Crippen LogP contribution in [0, 0.1) is 0 Å². The largest absolute Gasteiger partial charge is 0.494 e. The van der Waals surface area contributed by atoms with Crippen LogP contribution in [0.3, 0.4) is 0 Å². The molecule has 0 saturated heterocycles. The van der Waals surface area contributed by atoms with Crippen LogP contribution in [0.5, 0.6) is 5.75 Å². The second-order valence-electron chi connectivity index (χ2n) is 4.97. The summed E-state index contributed by atoms with van der Waals surface area (Å²) >= 11 is 0. The van der Waals surface area contributed by atoms with Gasteiger partial charge in [-0.15, -0.1) is 0 Å². The van der Waals surface area contributed by atoms with Crippen LogP contribution in [-0.2, 0) is 9.47 Å². The van der Waals surface area contributed by atoms with Gasteiger partial charge in [0, 0.05) is 14.2 Å². The SMILES string of the molecule is COC(CCCCCCCCOc1ccccc1)OC. The quantitative estimate of drug-likeness (QED) is 0.419. The van der Waals surface area contributed by atoms with Crippen LogP contribution in [0.4, 0.5) is 0 Å². The summed E-state index contributed by atoms with van der Waals surface area (Å²) in [6.45, 7) is 0.819. The number of methoxy groups -OCH3 is 2. The number of unbranched alkanes of at least 4 members (excludes halogenated alkanes) is 5. The molecule has 114 valence electrons. The summed E-state index contributed by atoms with van der Waals surface area (Å²) < 4.78 is 16.0. The summed E-state index contributed by atoms with van der Waals surface area (Å²) in [6.07, 6.45) is 8.32. The first-order valence-electron chi connectivity index (χ1n) is 7.60. The maximum Gasteiger partial charge on any atom is 0.156 e. The van der Waals surface area contributed by atoms with E-state index in [9.17, 15) is 0 Å². The summed E-state index contributed by atoms with van der Waals surface area (Å²) in [6, 6.07) is 10.0. The molecule has 0 heterocycles. The van der Waals surface area contributed by atoms with Crippen LogP contribution in [-0.4, -0.2) is 27.1 Å². The molecule has 0 saturated carbocycles. The van der Waals surface area contributed by atoms with Crippen molar-refractivity contribution in [3.8, 4) is 5.75 Å². The van der Waals surface area contributed by atoms with E-state index in [1.807, 2.05) is 30.3 Å². The summed E-state index contributed by atoms with van der Waals surface area (Å²) in [5.41, 5.74) is 0. The van der Waals surface area contributed by atoms with Gasteiger partial charge in [0.2, 0.25) is 0 Å². The Morgan fingerprint density at radius 1 is 0.800 bits per heavy atom. The normalized spacial score (nSPS) is 10.9. The zero-order valence-electron chi connectivity index (χ0n) is 12.8. The summed E-state index contributed by atoms with van der Waals surface area (Å²) in [5.74, 6) is 0.970. The molecular weight excluding hydrogens is 252 g/mol. The monoisotopic (exact) mass is 280 g/mol. The molecule has 0 fully saturated rings. The Balaban J connectivity index is 1.85. The molecule has 20 heavy (non-hydrogen) atoms. The molecular formula is C17H28O3. The van der Waals surface area contributed by atoms with E-state index in [1.165, 1.54) is 32.1 Å². The van der Waals surface area contributed by atoms with Crippen molar-refractivity contribution in [3.63, 3.8) is 0 Å². The highest BCUT2D eigenvalue weighted by atomic mass is 16.7. The van der Waals surface area contributed by atoms with E-state index in [2.05, 4.69) is 0 Å². The number of hydrogen-bond donors (Lipinski definition) is 0. The first-order chi connectivity index (χ1) is 9.86. The lowest BCUT2D eigenvalue weighted by molar-refractivity contribution is -0.107. The maximum absolute atomic E-state index is 5.66. The first-order valence-corrected chi connectivity index (χ1v) is 7.60. The van der Waals surface area contributed by atoms with E-state index >= 15 is 0 Å². The Labute approximate surface area is 123 Å². The van der Waals surface area contributed by atoms with Gasteiger partial charge in [0.25, 0.3) is 0 Å². The van der Waals surface area contributed by atoms with Crippen molar-refractivity contribution >= 4 is 0 Å². The maximum atomic E-state index is 5.66. The van der Waals surface area contributed by atoms with Crippen LogP contribution in [0.1, 0.15) is 44.9 Å². The fourth-order valence-electron chi connectivity index (χ4n) is 2.16. The van der Waals surface area contributed by atoms with Gasteiger partial charge in [0.1, 0.15) is 5.75 Å². The second-order valence-corrected chi connectivity index (χ2v) is 4.97. The van der Waals surface area contributed by atoms with Crippen LogP contribution < -0.4 is 4.74 Å². The number of benzene rings is 1. The van der Waals surface area contributed by atoms with E-state index in [0.29, 0.717) is 0 Å². The van der Waals surface area contributed by atoms with E-state index < -0.39 is 0 Å². The summed E-state index contributed by atoms with van der Waals surface area (Å²) in [4.78, 5) is 0. The van der Waals surface area contributed by atoms with Gasteiger partial charge in [0.15, 0.2) is 6.29 Å². The van der Waals surface area contributed by atoms with Crippen molar-refractivity contribution in [2.24, 2.45) is 0 Å². The second kappa shape index (κ2) is 11.7. The van der Waals surface area contributed by atoms with Gasteiger partial charge in [0.05, 0.1) is 6.61 Å². The molecule has 1 rings (SSSR count). The van der Waals surface area contributed by atoms with E-state index in [0.717, 1.165) is 25.2 Å². The van der Waals surface area contributed by atoms with Gasteiger partial charge in [-0.05, 0) is 31.4 Å². The highest BCUT2D eigenvalue weighted by Gasteiger charge is 2.03. The van der Waals surface area contributed by atoms with Crippen LogP contribution in [0.15, 0.2) is 30.3 Å². The number of para-hydroxylation sites is 1. The molecule has 0 aliphatic rings. The summed E-state index contributed by atoms with van der Waals surface area (Å²) in [7, 11) is 3.39. The Kier molecular flexibility index (Phi) is 9.98. The lowest BCUT2D eigenvalue weighted by atomic mass is 10.1. The minimum atomic E-state index is -0.0331. The molecule has 1 aromatic rings. The summed E-state index contributed by atoms with van der Waals surface area (Å²) in [5, 5.41) is 0. The smallest absolute Gasteiger partial charge is 0.156 e. The van der Waals surface area contributed by atoms with Crippen molar-refractivity contribution < 1.29 is 14.2 Å². The van der Waals surface area contributed by atoms with Crippen molar-refractivity contribution in [1.82, 2.24) is 0 Å². The van der Waals surface area contributed by atoms with Gasteiger partial charge in [-0.1, -0.05) is 43.9 Å². The molecule has 3 nitrogen and oxygen atoms in total. The Morgan fingerprint density at radius 3 is 2.05 bits per heavy atom. The molecule has 0 unspecified atom stereocenters. The molecule has 0 aliphatic carbocycles. The molecule has 1 aromatic carbocycles. The highest BCUT2D eigenvalue weighted by molar-refractivity contribution is 5.20. The third-order valence-electron chi connectivity index (χ3n) is 3.37. The lowest BCUT2D eigenvalue weighted by Crippen LogP contribution is -2.12. The minimum absolute atomic E-state index is 0.0331. The van der Waals surface area contributed by atoms with Gasteiger partial charge in [-0.2, -0.15) is 0 Å². The van der Waals surface area contributed by atoms with Crippen LogP contribution in [0.2, 0.25) is 0 Å². The van der Waals surface area contributed by atoms with Gasteiger partial charge < -0.3 is 14.2 Å². The average Bonchev–Trinajstić information content (AvgIpc) is 2.50. The van der Waals surface area contributed by atoms with Crippen LogP contribution >= 0.6 is 0 Å². The topological polar surface area (TPSA) is 27.7 Å². The van der Waals surface area contributed by atoms with Crippen molar-refractivity contribution in [2.45, 2.75) is 51.2 Å². The highest BCUT2D eigenvalue weighted by Crippen LogP contribution is 2.12. The minimum Gasteiger partial charge on any atom is -0.494 e. The van der Waals surface area contributed by atoms with Gasteiger partial charge in [-0.3, -0.25) is 0 Å². The molecule has 0 atom stereocenters. The number of ether oxygens (including phenoxy) is 3. The standard InChI is InChI=1S/C17H28O3/c1-18-17(19-2)14-10-5-3-4-6-11-15-20-16-12-8-7-9-13-16/h7-9,12-13,17H,3-6,10-11,14-15H2,1-2H3. The van der Waals surface area contributed by atoms with Crippen LogP contribution in [0.25, 0.3) is 0 Å². The average molecular weight is 280 g/mol. The molecule has 0 spiro atoms. The Hall–Kier alpha value is -1.06. The fraction of sp³-hybridized carbons (Fsp3) is 0.647. The zero-order valence-corrected chi connectivity index (χ0v) is 12.8. The van der Waals surface area contributed by atoms with E-state index in [-0.39, 0.29) is 6.29 Å². The van der Waals surface area contributed by atoms with Crippen molar-refractivity contribution in [2.75, 3.05) is 20.8 Å². The predicted octanol–water partition coefficient (Wildman–Crippen LogP) is 4.42. The molecule has 0 amide bonds. The fourth-order valence-corrected chi connectivity index (χ4v) is 2.16. The first kappa shape index (κ1) is 17.0. The number of rotatable bonds is 12. The van der Waals surface area contributed by atoms with Gasteiger partial charge >= 0.3 is 0 Å². The lowest BCUT2D eigenvalue weighted by Gasteiger charge is -2.12. The Bertz CT molecular complexity index is 309. The van der Waals surface area contributed by atoms with Crippen molar-refractivity contribution in [1.29, 1.82) is 0 Å². The molecule has 0 bridgehead atoms. The molecule has 0 N–H and O–H groups in total. The zero-order chi connectivity index (χ0) is 14.5. The molecule has 0 aromatic heterocycles. The van der Waals surface area contributed by atoms with E-state index in [1.54, 1.807) is 14.2 Å². The van der Waals surface area contributed by atoms with Gasteiger partial charge in [-0.25, -0.2) is 0 Å². The van der Waals surface area contributed by atoms with Crippen molar-refractivity contribution in [3.05, 3.63) is 30.3 Å². The third-order valence-corrected chi connectivity index (χ3v) is 3.37. The third kappa shape index (κ3) is 8.18. The predicted molar refractivity (Wildman–Crippen MR) is 82.1 cm³/mol. The molecule has 0 radical (unpaired) electrons. The Morgan fingerprint density at radius 2 is 1.40 bits per heavy atom. The van der Waals surface area contributed by atoms with E-state index in [4.69, 9.17) is 14.2 Å². The number of hydrogen-bond acceptors (Lipinski definition) is 3. The molecule has 3 heteroatoms.